The van der Waals surface area contributed by atoms with Crippen molar-refractivity contribution in [2.45, 2.75) is 31.4 Å². The third-order valence-corrected chi connectivity index (χ3v) is 2.87. The monoisotopic (exact) mass is 218 g/mol. The third kappa shape index (κ3) is 2.07. The Hall–Kier alpha value is -1.80. The van der Waals surface area contributed by atoms with Crippen molar-refractivity contribution in [1.82, 2.24) is 4.98 Å². The maximum absolute atomic E-state index is 9.69. The summed E-state index contributed by atoms with van der Waals surface area (Å²) in [7, 11) is 0. The number of nitrogens with two attached hydrogens (primary N) is 1. The minimum Gasteiger partial charge on any atom is -0.391 e. The van der Waals surface area contributed by atoms with Crippen molar-refractivity contribution >= 4 is 11.5 Å². The molecule has 1 heterocycles. The van der Waals surface area contributed by atoms with Crippen LogP contribution in [0, 0.1) is 11.3 Å². The van der Waals surface area contributed by atoms with Gasteiger partial charge in [-0.1, -0.05) is 0 Å². The predicted octanol–water partition coefficient (Wildman–Crippen LogP) is 0.861. The molecule has 1 fully saturated rings. The van der Waals surface area contributed by atoms with Gasteiger partial charge < -0.3 is 16.2 Å². The van der Waals surface area contributed by atoms with Crippen LogP contribution in [0.5, 0.6) is 0 Å². The molecule has 1 aliphatic rings. The molecule has 1 aromatic rings. The zero-order chi connectivity index (χ0) is 11.5. The standard InChI is InChI=1S/C11H14N4O/c12-5-7-6-14-11(13)4-9(7)15-8-2-1-3-10(8)16/h4,6,8,10,16H,1-3H2,(H3,13,14,15). The average Bonchev–Trinajstić information content (AvgIpc) is 2.65. The molecule has 1 saturated carbocycles. The number of hydrogen-bond donors (Lipinski definition) is 3. The Bertz CT molecular complexity index is 426. The Kier molecular flexibility index (Phi) is 2.93. The molecule has 1 aliphatic carbocycles. The summed E-state index contributed by atoms with van der Waals surface area (Å²) in [6.07, 6.45) is 3.82. The molecule has 16 heavy (non-hydrogen) atoms. The molecule has 4 N–H and O–H groups in total. The Morgan fingerprint density at radius 3 is 3.00 bits per heavy atom. The van der Waals surface area contributed by atoms with Gasteiger partial charge in [0.2, 0.25) is 0 Å². The van der Waals surface area contributed by atoms with Crippen LogP contribution in [0.1, 0.15) is 24.8 Å². The number of pyridine rings is 1. The van der Waals surface area contributed by atoms with Crippen LogP contribution >= 0.6 is 0 Å². The number of nitriles is 1. The number of nitrogens with one attached hydrogen (secondary N) is 1. The zero-order valence-corrected chi connectivity index (χ0v) is 8.85. The van der Waals surface area contributed by atoms with Gasteiger partial charge in [-0.05, 0) is 19.3 Å². The molecule has 0 spiro atoms. The maximum Gasteiger partial charge on any atom is 0.125 e. The number of nitrogen functional groups attached to an aromatic ring is 1. The van der Waals surface area contributed by atoms with E-state index in [2.05, 4.69) is 10.3 Å². The van der Waals surface area contributed by atoms with Crippen LogP contribution in [0.25, 0.3) is 0 Å². The minimum atomic E-state index is -0.346. The molecular formula is C11H14N4O. The maximum atomic E-state index is 9.69. The second kappa shape index (κ2) is 4.37. The van der Waals surface area contributed by atoms with E-state index in [0.29, 0.717) is 17.1 Å². The van der Waals surface area contributed by atoms with E-state index in [1.165, 1.54) is 6.20 Å². The van der Waals surface area contributed by atoms with E-state index in [-0.39, 0.29) is 12.1 Å². The topological polar surface area (TPSA) is 95.0 Å². The zero-order valence-electron chi connectivity index (χ0n) is 8.85. The summed E-state index contributed by atoms with van der Waals surface area (Å²) < 4.78 is 0. The fourth-order valence-corrected chi connectivity index (χ4v) is 1.99. The molecule has 5 nitrogen and oxygen atoms in total. The first-order valence-corrected chi connectivity index (χ1v) is 5.31. The lowest BCUT2D eigenvalue weighted by Crippen LogP contribution is -2.28. The highest BCUT2D eigenvalue weighted by Crippen LogP contribution is 2.25. The highest BCUT2D eigenvalue weighted by molar-refractivity contribution is 5.61. The van der Waals surface area contributed by atoms with Crippen LogP contribution < -0.4 is 11.1 Å². The van der Waals surface area contributed by atoms with Gasteiger partial charge in [0.25, 0.3) is 0 Å². The first-order valence-electron chi connectivity index (χ1n) is 5.31. The first-order chi connectivity index (χ1) is 7.70. The van der Waals surface area contributed by atoms with Gasteiger partial charge in [-0.25, -0.2) is 4.98 Å². The lowest BCUT2D eigenvalue weighted by molar-refractivity contribution is 0.172. The van der Waals surface area contributed by atoms with Crippen molar-refractivity contribution in [2.24, 2.45) is 0 Å². The number of anilines is 2. The molecule has 0 aromatic carbocycles. The summed E-state index contributed by atoms with van der Waals surface area (Å²) in [5.41, 5.74) is 6.67. The summed E-state index contributed by atoms with van der Waals surface area (Å²) in [5.74, 6) is 0.369. The van der Waals surface area contributed by atoms with Gasteiger partial charge in [0.15, 0.2) is 0 Å². The van der Waals surface area contributed by atoms with E-state index >= 15 is 0 Å². The van der Waals surface area contributed by atoms with Crippen molar-refractivity contribution in [2.75, 3.05) is 11.1 Å². The molecule has 0 aliphatic heterocycles. The van der Waals surface area contributed by atoms with Crippen molar-refractivity contribution in [3.8, 4) is 6.07 Å². The van der Waals surface area contributed by atoms with Crippen LogP contribution in [0.2, 0.25) is 0 Å². The number of nitrogens with zero attached hydrogens (tertiary/aromatic N) is 2. The van der Waals surface area contributed by atoms with E-state index in [0.717, 1.165) is 19.3 Å². The highest BCUT2D eigenvalue weighted by atomic mass is 16.3. The second-order valence-electron chi connectivity index (χ2n) is 4.02. The normalized spacial score (nSPS) is 24.0. The smallest absolute Gasteiger partial charge is 0.125 e. The molecule has 0 amide bonds. The lowest BCUT2D eigenvalue weighted by Gasteiger charge is -2.18. The van der Waals surface area contributed by atoms with Crippen LogP contribution in [0.15, 0.2) is 12.3 Å². The van der Waals surface area contributed by atoms with Gasteiger partial charge in [0.05, 0.1) is 23.4 Å². The average molecular weight is 218 g/mol. The minimum absolute atomic E-state index is 0.00824. The van der Waals surface area contributed by atoms with Crippen molar-refractivity contribution in [3.05, 3.63) is 17.8 Å². The summed E-state index contributed by atoms with van der Waals surface area (Å²) >= 11 is 0. The van der Waals surface area contributed by atoms with Crippen LogP contribution in [0.4, 0.5) is 11.5 Å². The molecule has 84 valence electrons. The van der Waals surface area contributed by atoms with E-state index in [1.54, 1.807) is 6.07 Å². The van der Waals surface area contributed by atoms with Crippen molar-refractivity contribution in [1.29, 1.82) is 5.26 Å². The largest absolute Gasteiger partial charge is 0.391 e. The quantitative estimate of drug-likeness (QED) is 0.684. The van der Waals surface area contributed by atoms with E-state index < -0.39 is 0 Å². The molecular weight excluding hydrogens is 204 g/mol. The van der Waals surface area contributed by atoms with E-state index in [1.807, 2.05) is 6.07 Å². The van der Waals surface area contributed by atoms with Gasteiger partial charge in [0.1, 0.15) is 11.9 Å². The third-order valence-electron chi connectivity index (χ3n) is 2.87. The van der Waals surface area contributed by atoms with Gasteiger partial charge in [0, 0.05) is 12.3 Å². The summed E-state index contributed by atoms with van der Waals surface area (Å²) in [5, 5.41) is 21.8. The predicted molar refractivity (Wildman–Crippen MR) is 60.6 cm³/mol. The Morgan fingerprint density at radius 1 is 1.56 bits per heavy atom. The Balaban J connectivity index is 2.20. The highest BCUT2D eigenvalue weighted by Gasteiger charge is 2.25. The van der Waals surface area contributed by atoms with Crippen LogP contribution in [-0.4, -0.2) is 22.2 Å². The number of aliphatic hydroxyl groups is 1. The molecule has 1 aromatic heterocycles. The Labute approximate surface area is 93.9 Å². The number of rotatable bonds is 2. The summed E-state index contributed by atoms with van der Waals surface area (Å²) in [4.78, 5) is 3.86. The van der Waals surface area contributed by atoms with Crippen molar-refractivity contribution < 1.29 is 5.11 Å². The summed E-state index contributed by atoms with van der Waals surface area (Å²) in [6.45, 7) is 0. The van der Waals surface area contributed by atoms with Crippen molar-refractivity contribution in [3.63, 3.8) is 0 Å². The fraction of sp³-hybridized carbons (Fsp3) is 0.455. The molecule has 2 atom stereocenters. The van der Waals surface area contributed by atoms with Gasteiger partial charge in [-0.15, -0.1) is 0 Å². The fourth-order valence-electron chi connectivity index (χ4n) is 1.99. The molecule has 0 radical (unpaired) electrons. The molecule has 2 unspecified atom stereocenters. The van der Waals surface area contributed by atoms with Gasteiger partial charge >= 0.3 is 0 Å². The van der Waals surface area contributed by atoms with Gasteiger partial charge in [-0.2, -0.15) is 5.26 Å². The molecule has 5 heteroatoms. The Morgan fingerprint density at radius 2 is 2.38 bits per heavy atom. The molecule has 2 rings (SSSR count). The number of aliphatic hydroxyl groups excluding tert-OH is 1. The number of aromatic nitrogens is 1. The van der Waals surface area contributed by atoms with E-state index in [4.69, 9.17) is 11.0 Å². The SMILES string of the molecule is N#Cc1cnc(N)cc1NC1CCCC1O. The lowest BCUT2D eigenvalue weighted by atomic mass is 10.1. The summed E-state index contributed by atoms with van der Waals surface area (Å²) in [6, 6.07) is 3.69. The second-order valence-corrected chi connectivity index (χ2v) is 4.02. The first kappa shape index (κ1) is 10.7. The van der Waals surface area contributed by atoms with E-state index in [9.17, 15) is 5.11 Å². The molecule has 0 saturated heterocycles. The van der Waals surface area contributed by atoms with Crippen LogP contribution in [-0.2, 0) is 0 Å². The van der Waals surface area contributed by atoms with Gasteiger partial charge in [-0.3, -0.25) is 0 Å². The van der Waals surface area contributed by atoms with Crippen LogP contribution in [0.3, 0.4) is 0 Å². The molecule has 0 bridgehead atoms. The number of hydrogen-bond acceptors (Lipinski definition) is 5.